The van der Waals surface area contributed by atoms with Crippen LogP contribution in [0.2, 0.25) is 0 Å². The van der Waals surface area contributed by atoms with E-state index in [-0.39, 0.29) is 5.91 Å². The zero-order chi connectivity index (χ0) is 17.6. The minimum atomic E-state index is -0.214. The molecule has 25 heavy (non-hydrogen) atoms. The predicted molar refractivity (Wildman–Crippen MR) is 102 cm³/mol. The van der Waals surface area contributed by atoms with Gasteiger partial charge in [0, 0.05) is 29.8 Å². The van der Waals surface area contributed by atoms with E-state index in [1.165, 1.54) is 5.56 Å². The lowest BCUT2D eigenvalue weighted by molar-refractivity contribution is 0.102. The van der Waals surface area contributed by atoms with Crippen molar-refractivity contribution in [3.05, 3.63) is 84.2 Å². The fourth-order valence-electron chi connectivity index (χ4n) is 2.74. The van der Waals surface area contributed by atoms with Crippen molar-refractivity contribution >= 4 is 23.0 Å². The SMILES string of the molecule is CCN(c1cccc(C)c1)c1ccnc(C(=O)Nc2ccccc2)c1. The number of aryl methyl sites for hydroxylation is 1. The van der Waals surface area contributed by atoms with Gasteiger partial charge in [-0.25, -0.2) is 0 Å². The van der Waals surface area contributed by atoms with Gasteiger partial charge < -0.3 is 10.2 Å². The van der Waals surface area contributed by atoms with E-state index in [2.05, 4.69) is 47.2 Å². The first-order valence-corrected chi connectivity index (χ1v) is 8.34. The number of carbonyl (C=O) groups is 1. The van der Waals surface area contributed by atoms with Crippen molar-refractivity contribution in [1.82, 2.24) is 4.98 Å². The Labute approximate surface area is 148 Å². The van der Waals surface area contributed by atoms with Crippen LogP contribution in [0, 0.1) is 6.92 Å². The molecule has 0 bridgehead atoms. The molecule has 0 aliphatic rings. The molecular weight excluding hydrogens is 310 g/mol. The van der Waals surface area contributed by atoms with Crippen LogP contribution in [-0.4, -0.2) is 17.4 Å². The number of amides is 1. The number of pyridine rings is 1. The average Bonchev–Trinajstić information content (AvgIpc) is 2.63. The third-order valence-corrected chi connectivity index (χ3v) is 3.95. The summed E-state index contributed by atoms with van der Waals surface area (Å²) >= 11 is 0. The average molecular weight is 331 g/mol. The van der Waals surface area contributed by atoms with E-state index in [9.17, 15) is 4.79 Å². The Hall–Kier alpha value is -3.14. The van der Waals surface area contributed by atoms with Crippen molar-refractivity contribution in [3.63, 3.8) is 0 Å². The van der Waals surface area contributed by atoms with Gasteiger partial charge in [-0.2, -0.15) is 0 Å². The van der Waals surface area contributed by atoms with Crippen LogP contribution in [0.15, 0.2) is 72.9 Å². The highest BCUT2D eigenvalue weighted by Gasteiger charge is 2.12. The number of hydrogen-bond acceptors (Lipinski definition) is 3. The molecule has 3 aromatic rings. The molecule has 0 radical (unpaired) electrons. The van der Waals surface area contributed by atoms with E-state index in [1.54, 1.807) is 6.20 Å². The van der Waals surface area contributed by atoms with Gasteiger partial charge in [0.05, 0.1) is 0 Å². The summed E-state index contributed by atoms with van der Waals surface area (Å²) in [5.74, 6) is -0.214. The van der Waals surface area contributed by atoms with Crippen molar-refractivity contribution in [2.24, 2.45) is 0 Å². The molecule has 0 unspecified atom stereocenters. The van der Waals surface area contributed by atoms with Crippen LogP contribution in [-0.2, 0) is 0 Å². The predicted octanol–water partition coefficient (Wildman–Crippen LogP) is 4.80. The molecule has 0 fully saturated rings. The van der Waals surface area contributed by atoms with E-state index in [4.69, 9.17) is 0 Å². The molecule has 1 heterocycles. The topological polar surface area (TPSA) is 45.2 Å². The van der Waals surface area contributed by atoms with Crippen molar-refractivity contribution in [2.45, 2.75) is 13.8 Å². The Morgan fingerprint density at radius 1 is 1.00 bits per heavy atom. The molecule has 0 saturated heterocycles. The quantitative estimate of drug-likeness (QED) is 0.730. The fraction of sp³-hybridized carbons (Fsp3) is 0.143. The monoisotopic (exact) mass is 331 g/mol. The van der Waals surface area contributed by atoms with Crippen LogP contribution in [0.3, 0.4) is 0 Å². The number of anilines is 3. The Morgan fingerprint density at radius 3 is 2.48 bits per heavy atom. The first kappa shape index (κ1) is 16.7. The Balaban J connectivity index is 1.86. The van der Waals surface area contributed by atoms with Crippen molar-refractivity contribution in [1.29, 1.82) is 0 Å². The molecule has 126 valence electrons. The lowest BCUT2D eigenvalue weighted by Gasteiger charge is -2.24. The summed E-state index contributed by atoms with van der Waals surface area (Å²) in [6, 6.07) is 21.4. The van der Waals surface area contributed by atoms with Crippen LogP contribution in [0.25, 0.3) is 0 Å². The van der Waals surface area contributed by atoms with Crippen LogP contribution >= 0.6 is 0 Å². The van der Waals surface area contributed by atoms with E-state index < -0.39 is 0 Å². The van der Waals surface area contributed by atoms with Crippen LogP contribution < -0.4 is 10.2 Å². The number of carbonyl (C=O) groups excluding carboxylic acids is 1. The molecule has 1 aromatic heterocycles. The van der Waals surface area contributed by atoms with Gasteiger partial charge >= 0.3 is 0 Å². The number of benzene rings is 2. The van der Waals surface area contributed by atoms with Gasteiger partial charge in [0.15, 0.2) is 0 Å². The minimum absolute atomic E-state index is 0.214. The van der Waals surface area contributed by atoms with Crippen molar-refractivity contribution in [2.75, 3.05) is 16.8 Å². The first-order chi connectivity index (χ1) is 12.2. The van der Waals surface area contributed by atoms with Gasteiger partial charge in [-0.3, -0.25) is 9.78 Å². The van der Waals surface area contributed by atoms with Crippen molar-refractivity contribution < 1.29 is 4.79 Å². The Morgan fingerprint density at radius 2 is 1.76 bits per heavy atom. The summed E-state index contributed by atoms with van der Waals surface area (Å²) in [6.07, 6.45) is 1.67. The van der Waals surface area contributed by atoms with E-state index in [1.807, 2.05) is 48.5 Å². The molecule has 1 N–H and O–H groups in total. The van der Waals surface area contributed by atoms with Gasteiger partial charge in [0.25, 0.3) is 5.91 Å². The van der Waals surface area contributed by atoms with E-state index in [0.717, 1.165) is 23.6 Å². The fourth-order valence-corrected chi connectivity index (χ4v) is 2.74. The molecule has 4 nitrogen and oxygen atoms in total. The maximum absolute atomic E-state index is 12.5. The van der Waals surface area contributed by atoms with Gasteiger partial charge in [0.1, 0.15) is 5.69 Å². The van der Waals surface area contributed by atoms with E-state index >= 15 is 0 Å². The molecule has 3 rings (SSSR count). The third-order valence-electron chi connectivity index (χ3n) is 3.95. The zero-order valence-electron chi connectivity index (χ0n) is 14.4. The van der Waals surface area contributed by atoms with Gasteiger partial charge in [-0.1, -0.05) is 30.3 Å². The van der Waals surface area contributed by atoms with Gasteiger partial charge in [0.2, 0.25) is 0 Å². The van der Waals surface area contributed by atoms with Crippen LogP contribution in [0.1, 0.15) is 23.0 Å². The minimum Gasteiger partial charge on any atom is -0.342 e. The van der Waals surface area contributed by atoms with Crippen LogP contribution in [0.4, 0.5) is 17.1 Å². The molecule has 0 spiro atoms. The number of aromatic nitrogens is 1. The summed E-state index contributed by atoms with van der Waals surface area (Å²) in [7, 11) is 0. The van der Waals surface area contributed by atoms with Gasteiger partial charge in [-0.05, 0) is 55.8 Å². The Bertz CT molecular complexity index is 862. The third kappa shape index (κ3) is 4.04. The molecule has 0 atom stereocenters. The summed E-state index contributed by atoms with van der Waals surface area (Å²) in [5, 5.41) is 2.87. The molecule has 0 aliphatic carbocycles. The highest BCUT2D eigenvalue weighted by molar-refractivity contribution is 6.03. The van der Waals surface area contributed by atoms with Gasteiger partial charge in [-0.15, -0.1) is 0 Å². The Kier molecular flexibility index (Phi) is 5.09. The summed E-state index contributed by atoms with van der Waals surface area (Å²) in [6.45, 7) is 4.96. The normalized spacial score (nSPS) is 10.3. The van der Waals surface area contributed by atoms with E-state index in [0.29, 0.717) is 5.69 Å². The maximum Gasteiger partial charge on any atom is 0.274 e. The molecule has 1 amide bonds. The molecule has 4 heteroatoms. The number of nitrogens with zero attached hydrogens (tertiary/aromatic N) is 2. The summed E-state index contributed by atoms with van der Waals surface area (Å²) in [4.78, 5) is 18.9. The smallest absolute Gasteiger partial charge is 0.274 e. The largest absolute Gasteiger partial charge is 0.342 e. The van der Waals surface area contributed by atoms with Crippen molar-refractivity contribution in [3.8, 4) is 0 Å². The standard InChI is InChI=1S/C21H21N3O/c1-3-24(18-11-7-8-16(2)14-18)19-12-13-22-20(15-19)21(25)23-17-9-5-4-6-10-17/h4-15H,3H2,1-2H3,(H,23,25). The summed E-state index contributed by atoms with van der Waals surface area (Å²) < 4.78 is 0. The highest BCUT2D eigenvalue weighted by Crippen LogP contribution is 2.26. The number of para-hydroxylation sites is 1. The molecule has 2 aromatic carbocycles. The lowest BCUT2D eigenvalue weighted by Crippen LogP contribution is -2.18. The number of nitrogens with one attached hydrogen (secondary N) is 1. The second kappa shape index (κ2) is 7.62. The second-order valence-electron chi connectivity index (χ2n) is 5.80. The molecular formula is C21H21N3O. The molecule has 0 saturated carbocycles. The lowest BCUT2D eigenvalue weighted by atomic mass is 10.2. The highest BCUT2D eigenvalue weighted by atomic mass is 16.1. The second-order valence-corrected chi connectivity index (χ2v) is 5.80. The number of rotatable bonds is 5. The number of hydrogen-bond donors (Lipinski definition) is 1. The summed E-state index contributed by atoms with van der Waals surface area (Å²) in [5.41, 5.74) is 4.40. The zero-order valence-corrected chi connectivity index (χ0v) is 14.4. The van der Waals surface area contributed by atoms with Crippen LogP contribution in [0.5, 0.6) is 0 Å². The first-order valence-electron chi connectivity index (χ1n) is 8.34. The molecule has 0 aliphatic heterocycles. The maximum atomic E-state index is 12.5.